The number of hydrogen-bond donors (Lipinski definition) is 2. The molecule has 106 valence electrons. The molecule has 20 heavy (non-hydrogen) atoms. The van der Waals surface area contributed by atoms with Gasteiger partial charge in [0.15, 0.2) is 5.84 Å². The summed E-state index contributed by atoms with van der Waals surface area (Å²) in [5.41, 5.74) is 0.0780. The Hall–Kier alpha value is -2.24. The molecule has 0 saturated heterocycles. The van der Waals surface area contributed by atoms with Crippen molar-refractivity contribution < 1.29 is 14.7 Å². The van der Waals surface area contributed by atoms with E-state index in [2.05, 4.69) is 15.3 Å². The first-order chi connectivity index (χ1) is 9.25. The summed E-state index contributed by atoms with van der Waals surface area (Å²) in [6, 6.07) is 3.09. The molecule has 6 nitrogen and oxygen atoms in total. The fourth-order valence-electron chi connectivity index (χ4n) is 1.96. The Morgan fingerprint density at radius 2 is 2.05 bits per heavy atom. The van der Waals surface area contributed by atoms with Crippen LogP contribution in [0.1, 0.15) is 42.5 Å². The van der Waals surface area contributed by atoms with E-state index in [0.717, 1.165) is 0 Å². The van der Waals surface area contributed by atoms with Crippen molar-refractivity contribution in [1.29, 1.82) is 0 Å². The van der Waals surface area contributed by atoms with Gasteiger partial charge in [-0.3, -0.25) is 4.79 Å². The number of nitrogens with zero attached hydrogens (tertiary/aromatic N) is 2. The molecular weight excluding hydrogens is 258 g/mol. The van der Waals surface area contributed by atoms with Crippen LogP contribution < -0.4 is 5.32 Å². The SMILES string of the molecule is Cc1ccc(C(=O)O)c(C2=NC(=O)C(C)(C(C)C)N2)n1. The zero-order valence-electron chi connectivity index (χ0n) is 11.9. The number of rotatable bonds is 3. The highest BCUT2D eigenvalue weighted by Gasteiger charge is 2.43. The fourth-order valence-corrected chi connectivity index (χ4v) is 1.96. The number of aryl methyl sites for hydroxylation is 1. The average Bonchev–Trinajstić information content (AvgIpc) is 2.66. The van der Waals surface area contributed by atoms with E-state index in [-0.39, 0.29) is 28.9 Å². The van der Waals surface area contributed by atoms with E-state index in [1.54, 1.807) is 19.9 Å². The molecule has 0 fully saturated rings. The molecule has 0 spiro atoms. The Morgan fingerprint density at radius 1 is 1.40 bits per heavy atom. The Kier molecular flexibility index (Phi) is 3.33. The van der Waals surface area contributed by atoms with Crippen molar-refractivity contribution >= 4 is 17.7 Å². The van der Waals surface area contributed by atoms with Gasteiger partial charge in [0.1, 0.15) is 11.2 Å². The van der Waals surface area contributed by atoms with Crippen molar-refractivity contribution in [3.8, 4) is 0 Å². The fraction of sp³-hybridized carbons (Fsp3) is 0.429. The second-order valence-electron chi connectivity index (χ2n) is 5.40. The van der Waals surface area contributed by atoms with Gasteiger partial charge in [-0.05, 0) is 31.9 Å². The maximum Gasteiger partial charge on any atom is 0.338 e. The van der Waals surface area contributed by atoms with E-state index in [9.17, 15) is 14.7 Å². The lowest BCUT2D eigenvalue weighted by molar-refractivity contribution is -0.123. The first-order valence-electron chi connectivity index (χ1n) is 6.38. The van der Waals surface area contributed by atoms with E-state index in [1.165, 1.54) is 6.07 Å². The average molecular weight is 275 g/mol. The number of carbonyl (C=O) groups is 2. The molecule has 1 aliphatic heterocycles. The van der Waals surface area contributed by atoms with Gasteiger partial charge in [-0.15, -0.1) is 0 Å². The number of aliphatic imine (C=N–C) groups is 1. The predicted octanol–water partition coefficient (Wildman–Crippen LogP) is 1.38. The van der Waals surface area contributed by atoms with Gasteiger partial charge in [-0.1, -0.05) is 13.8 Å². The molecule has 0 saturated carbocycles. The predicted molar refractivity (Wildman–Crippen MR) is 73.9 cm³/mol. The summed E-state index contributed by atoms with van der Waals surface area (Å²) in [6.07, 6.45) is 0. The minimum Gasteiger partial charge on any atom is -0.478 e. The first-order valence-corrected chi connectivity index (χ1v) is 6.38. The van der Waals surface area contributed by atoms with Crippen LogP contribution >= 0.6 is 0 Å². The van der Waals surface area contributed by atoms with Crippen LogP contribution in [-0.2, 0) is 4.79 Å². The van der Waals surface area contributed by atoms with Gasteiger partial charge in [0.2, 0.25) is 0 Å². The summed E-state index contributed by atoms with van der Waals surface area (Å²) in [6.45, 7) is 7.33. The molecule has 2 N–H and O–H groups in total. The van der Waals surface area contributed by atoms with Crippen molar-refractivity contribution in [2.24, 2.45) is 10.9 Å². The third-order valence-corrected chi connectivity index (χ3v) is 3.68. The maximum atomic E-state index is 12.1. The van der Waals surface area contributed by atoms with Gasteiger partial charge in [0.25, 0.3) is 5.91 Å². The van der Waals surface area contributed by atoms with Gasteiger partial charge in [-0.25, -0.2) is 9.78 Å². The summed E-state index contributed by atoms with van der Waals surface area (Å²) in [5, 5.41) is 12.2. The minimum atomic E-state index is -1.09. The third-order valence-electron chi connectivity index (χ3n) is 3.68. The monoisotopic (exact) mass is 275 g/mol. The van der Waals surface area contributed by atoms with Crippen molar-refractivity contribution in [1.82, 2.24) is 10.3 Å². The number of carboxylic acid groups (broad SMARTS) is 1. The highest BCUT2D eigenvalue weighted by molar-refractivity contribution is 6.16. The molecular formula is C14H17N3O3. The number of aromatic carboxylic acids is 1. The lowest BCUT2D eigenvalue weighted by atomic mass is 9.88. The van der Waals surface area contributed by atoms with Crippen molar-refractivity contribution in [3.05, 3.63) is 29.1 Å². The number of nitrogens with one attached hydrogen (secondary N) is 1. The Balaban J connectivity index is 2.49. The molecule has 1 unspecified atom stereocenters. The highest BCUT2D eigenvalue weighted by Crippen LogP contribution is 2.24. The summed E-state index contributed by atoms with van der Waals surface area (Å²) in [7, 11) is 0. The molecule has 1 aromatic rings. The van der Waals surface area contributed by atoms with Crippen molar-refractivity contribution in [2.45, 2.75) is 33.2 Å². The van der Waals surface area contributed by atoms with Crippen LogP contribution in [0.5, 0.6) is 0 Å². The van der Waals surface area contributed by atoms with Crippen LogP contribution in [0, 0.1) is 12.8 Å². The number of carboxylic acids is 1. The molecule has 1 atom stereocenters. The quantitative estimate of drug-likeness (QED) is 0.869. The Labute approximate surface area is 116 Å². The van der Waals surface area contributed by atoms with Gasteiger partial charge < -0.3 is 10.4 Å². The summed E-state index contributed by atoms with van der Waals surface area (Å²) in [4.78, 5) is 31.5. The molecule has 2 heterocycles. The second-order valence-corrected chi connectivity index (χ2v) is 5.40. The van der Waals surface area contributed by atoms with Crippen molar-refractivity contribution in [2.75, 3.05) is 0 Å². The van der Waals surface area contributed by atoms with Gasteiger partial charge in [-0.2, -0.15) is 4.99 Å². The summed E-state index contributed by atoms with van der Waals surface area (Å²) >= 11 is 0. The molecule has 0 aliphatic carbocycles. The van der Waals surface area contributed by atoms with E-state index < -0.39 is 11.5 Å². The number of hydrogen-bond acceptors (Lipinski definition) is 4. The molecule has 1 amide bonds. The highest BCUT2D eigenvalue weighted by atomic mass is 16.4. The summed E-state index contributed by atoms with van der Waals surface area (Å²) in [5.74, 6) is -1.15. The standard InChI is InChI=1S/C14H17N3O3/c1-7(2)14(4)13(20)16-11(17-14)10-9(12(18)19)6-5-8(3)15-10/h5-7H,1-4H3,(H,18,19)(H,16,17,20). The van der Waals surface area contributed by atoms with Crippen LogP contribution in [0.2, 0.25) is 0 Å². The van der Waals surface area contributed by atoms with E-state index >= 15 is 0 Å². The Morgan fingerprint density at radius 3 is 2.55 bits per heavy atom. The lowest BCUT2D eigenvalue weighted by Crippen LogP contribution is -2.50. The Bertz CT molecular complexity index is 622. The van der Waals surface area contributed by atoms with Crippen LogP contribution in [0.25, 0.3) is 0 Å². The molecule has 6 heteroatoms. The topological polar surface area (TPSA) is 91.6 Å². The number of aromatic nitrogens is 1. The van der Waals surface area contributed by atoms with Crippen LogP contribution in [0.3, 0.4) is 0 Å². The van der Waals surface area contributed by atoms with Crippen LogP contribution in [-0.4, -0.2) is 33.3 Å². The smallest absolute Gasteiger partial charge is 0.338 e. The third kappa shape index (κ3) is 2.17. The van der Waals surface area contributed by atoms with Crippen molar-refractivity contribution in [3.63, 3.8) is 0 Å². The van der Waals surface area contributed by atoms with E-state index in [4.69, 9.17) is 0 Å². The van der Waals surface area contributed by atoms with Gasteiger partial charge in [0.05, 0.1) is 5.56 Å². The van der Waals surface area contributed by atoms with Gasteiger partial charge in [0, 0.05) is 5.69 Å². The second kappa shape index (κ2) is 4.70. The zero-order valence-corrected chi connectivity index (χ0v) is 11.9. The zero-order chi connectivity index (χ0) is 15.1. The first kappa shape index (κ1) is 14.2. The number of amides is 1. The van der Waals surface area contributed by atoms with E-state index in [0.29, 0.717) is 5.69 Å². The molecule has 1 aliphatic rings. The number of pyridine rings is 1. The maximum absolute atomic E-state index is 12.1. The van der Waals surface area contributed by atoms with E-state index in [1.807, 2.05) is 13.8 Å². The largest absolute Gasteiger partial charge is 0.478 e. The minimum absolute atomic E-state index is 0.0225. The molecule has 2 rings (SSSR count). The number of amidine groups is 1. The number of carbonyl (C=O) groups excluding carboxylic acids is 1. The molecule has 0 radical (unpaired) electrons. The molecule has 0 bridgehead atoms. The normalized spacial score (nSPS) is 21.9. The van der Waals surface area contributed by atoms with Gasteiger partial charge >= 0.3 is 5.97 Å². The molecule has 0 aromatic carbocycles. The molecule has 1 aromatic heterocycles. The summed E-state index contributed by atoms with van der Waals surface area (Å²) < 4.78 is 0. The lowest BCUT2D eigenvalue weighted by Gasteiger charge is -2.27. The van der Waals surface area contributed by atoms with Crippen LogP contribution in [0.4, 0.5) is 0 Å². The van der Waals surface area contributed by atoms with Crippen LogP contribution in [0.15, 0.2) is 17.1 Å².